The molecule has 1 unspecified atom stereocenters. The highest BCUT2D eigenvalue weighted by Crippen LogP contribution is 2.33. The van der Waals surface area contributed by atoms with Gasteiger partial charge in [-0.25, -0.2) is 4.39 Å². The van der Waals surface area contributed by atoms with Gasteiger partial charge in [-0.2, -0.15) is 0 Å². The van der Waals surface area contributed by atoms with E-state index in [1.165, 1.54) is 13.2 Å². The molecule has 0 amide bonds. The average Bonchev–Trinajstić information content (AvgIpc) is 2.42. The first-order valence-electron chi connectivity index (χ1n) is 5.98. The fourth-order valence-corrected chi connectivity index (χ4v) is 3.01. The summed E-state index contributed by atoms with van der Waals surface area (Å²) in [6.45, 7) is 2.01. The van der Waals surface area contributed by atoms with Gasteiger partial charge in [-0.05, 0) is 47.9 Å². The summed E-state index contributed by atoms with van der Waals surface area (Å²) in [6.07, 6.45) is 0. The SMILES string of the molecule is COc1cc(C(N)c2cc(Br)c(C)cc2Br)ccc1F. The van der Waals surface area contributed by atoms with Gasteiger partial charge in [-0.1, -0.05) is 37.9 Å². The van der Waals surface area contributed by atoms with Crippen LogP contribution in [0.1, 0.15) is 22.7 Å². The fourth-order valence-electron chi connectivity index (χ4n) is 1.95. The van der Waals surface area contributed by atoms with Gasteiger partial charge < -0.3 is 10.5 Å². The van der Waals surface area contributed by atoms with E-state index in [-0.39, 0.29) is 11.8 Å². The van der Waals surface area contributed by atoms with Gasteiger partial charge in [0.1, 0.15) is 0 Å². The van der Waals surface area contributed by atoms with Crippen LogP contribution in [0.4, 0.5) is 4.39 Å². The van der Waals surface area contributed by atoms with Gasteiger partial charge in [0.25, 0.3) is 0 Å². The predicted molar refractivity (Wildman–Crippen MR) is 85.6 cm³/mol. The van der Waals surface area contributed by atoms with E-state index in [1.54, 1.807) is 12.1 Å². The molecular weight excluding hydrogens is 389 g/mol. The summed E-state index contributed by atoms with van der Waals surface area (Å²) in [6, 6.07) is 8.27. The van der Waals surface area contributed by atoms with Crippen LogP contribution in [0, 0.1) is 12.7 Å². The van der Waals surface area contributed by atoms with E-state index < -0.39 is 5.82 Å². The Bertz CT molecular complexity index is 646. The zero-order chi connectivity index (χ0) is 14.9. The van der Waals surface area contributed by atoms with Crippen molar-refractivity contribution >= 4 is 31.9 Å². The second-order valence-electron chi connectivity index (χ2n) is 4.49. The summed E-state index contributed by atoms with van der Waals surface area (Å²) in [7, 11) is 1.44. The van der Waals surface area contributed by atoms with Gasteiger partial charge in [0.2, 0.25) is 0 Å². The van der Waals surface area contributed by atoms with Gasteiger partial charge in [0.15, 0.2) is 11.6 Å². The van der Waals surface area contributed by atoms with Crippen molar-refractivity contribution in [2.75, 3.05) is 7.11 Å². The molecule has 2 aromatic carbocycles. The summed E-state index contributed by atoms with van der Waals surface area (Å²) < 4.78 is 20.4. The van der Waals surface area contributed by atoms with Crippen molar-refractivity contribution < 1.29 is 9.13 Å². The number of nitrogens with two attached hydrogens (primary N) is 1. The topological polar surface area (TPSA) is 35.2 Å². The summed E-state index contributed by atoms with van der Waals surface area (Å²) in [5, 5.41) is 0. The molecule has 0 aliphatic rings. The molecule has 0 aliphatic heterocycles. The van der Waals surface area contributed by atoms with E-state index in [2.05, 4.69) is 31.9 Å². The van der Waals surface area contributed by atoms with Crippen LogP contribution in [0.15, 0.2) is 39.3 Å². The van der Waals surface area contributed by atoms with E-state index in [1.807, 2.05) is 19.1 Å². The second-order valence-corrected chi connectivity index (χ2v) is 6.20. The molecule has 5 heteroatoms. The Hall–Kier alpha value is -0.910. The zero-order valence-corrected chi connectivity index (χ0v) is 14.3. The standard InChI is InChI=1S/C15H14Br2FNO/c1-8-5-12(17)10(7-11(8)16)15(19)9-3-4-13(18)14(6-9)20-2/h3-7,15H,19H2,1-2H3. The lowest BCUT2D eigenvalue weighted by atomic mass is 9.98. The minimum absolute atomic E-state index is 0.195. The number of hydrogen-bond donors (Lipinski definition) is 1. The van der Waals surface area contributed by atoms with Crippen molar-refractivity contribution in [3.05, 3.63) is 61.8 Å². The Balaban J connectivity index is 2.46. The summed E-state index contributed by atoms with van der Waals surface area (Å²) in [5.74, 6) is -0.201. The van der Waals surface area contributed by atoms with Gasteiger partial charge in [-0.15, -0.1) is 0 Å². The molecule has 2 rings (SSSR count). The van der Waals surface area contributed by atoms with Crippen molar-refractivity contribution in [2.45, 2.75) is 13.0 Å². The molecule has 0 aliphatic carbocycles. The number of aryl methyl sites for hydroxylation is 1. The quantitative estimate of drug-likeness (QED) is 0.806. The summed E-state index contributed by atoms with van der Waals surface area (Å²) >= 11 is 7.02. The smallest absolute Gasteiger partial charge is 0.165 e. The van der Waals surface area contributed by atoms with Crippen LogP contribution < -0.4 is 10.5 Å². The number of ether oxygens (including phenoxy) is 1. The lowest BCUT2D eigenvalue weighted by Gasteiger charge is -2.17. The average molecular weight is 403 g/mol. The van der Waals surface area contributed by atoms with Gasteiger partial charge >= 0.3 is 0 Å². The van der Waals surface area contributed by atoms with Gasteiger partial charge in [0, 0.05) is 8.95 Å². The van der Waals surface area contributed by atoms with Crippen molar-refractivity contribution in [1.29, 1.82) is 0 Å². The highest BCUT2D eigenvalue weighted by atomic mass is 79.9. The monoisotopic (exact) mass is 401 g/mol. The van der Waals surface area contributed by atoms with Gasteiger partial charge in [-0.3, -0.25) is 0 Å². The maximum atomic E-state index is 13.4. The molecule has 0 saturated heterocycles. The first-order valence-corrected chi connectivity index (χ1v) is 7.57. The zero-order valence-electron chi connectivity index (χ0n) is 11.1. The van der Waals surface area contributed by atoms with E-state index in [0.717, 1.165) is 25.6 Å². The summed E-state index contributed by atoms with van der Waals surface area (Å²) in [5.41, 5.74) is 9.11. The van der Waals surface area contributed by atoms with Gasteiger partial charge in [0.05, 0.1) is 13.2 Å². The molecule has 106 valence electrons. The van der Waals surface area contributed by atoms with Crippen LogP contribution in [0.2, 0.25) is 0 Å². The molecule has 0 radical (unpaired) electrons. The number of benzene rings is 2. The van der Waals surface area contributed by atoms with Crippen LogP contribution in [-0.2, 0) is 0 Å². The van der Waals surface area contributed by atoms with Crippen LogP contribution in [0.3, 0.4) is 0 Å². The van der Waals surface area contributed by atoms with Crippen molar-refractivity contribution in [2.24, 2.45) is 5.73 Å². The number of rotatable bonds is 3. The molecule has 0 spiro atoms. The van der Waals surface area contributed by atoms with Crippen molar-refractivity contribution in [3.63, 3.8) is 0 Å². The normalized spacial score (nSPS) is 12.3. The maximum absolute atomic E-state index is 13.4. The van der Waals surface area contributed by atoms with E-state index in [0.29, 0.717) is 0 Å². The third-order valence-corrected chi connectivity index (χ3v) is 4.69. The minimum Gasteiger partial charge on any atom is -0.494 e. The van der Waals surface area contributed by atoms with Crippen LogP contribution in [0.5, 0.6) is 5.75 Å². The molecule has 2 N–H and O–H groups in total. The maximum Gasteiger partial charge on any atom is 0.165 e. The Kier molecular flexibility index (Phi) is 4.83. The predicted octanol–water partition coefficient (Wildman–Crippen LogP) is 4.72. The highest BCUT2D eigenvalue weighted by molar-refractivity contribution is 9.11. The van der Waals surface area contributed by atoms with Crippen LogP contribution in [0.25, 0.3) is 0 Å². The fraction of sp³-hybridized carbons (Fsp3) is 0.200. The van der Waals surface area contributed by atoms with E-state index in [4.69, 9.17) is 10.5 Å². The van der Waals surface area contributed by atoms with E-state index in [9.17, 15) is 4.39 Å². The summed E-state index contributed by atoms with van der Waals surface area (Å²) in [4.78, 5) is 0. The Morgan fingerprint density at radius 1 is 1.15 bits per heavy atom. The largest absolute Gasteiger partial charge is 0.494 e. The Morgan fingerprint density at radius 2 is 1.85 bits per heavy atom. The molecular formula is C15H14Br2FNO. The lowest BCUT2D eigenvalue weighted by molar-refractivity contribution is 0.385. The second kappa shape index (κ2) is 6.24. The molecule has 2 aromatic rings. The molecule has 0 fully saturated rings. The Labute approximate surface area is 134 Å². The molecule has 2 nitrogen and oxygen atoms in total. The third kappa shape index (κ3) is 3.05. The van der Waals surface area contributed by atoms with Crippen molar-refractivity contribution in [1.82, 2.24) is 0 Å². The van der Waals surface area contributed by atoms with Crippen LogP contribution >= 0.6 is 31.9 Å². The number of halogens is 3. The lowest BCUT2D eigenvalue weighted by Crippen LogP contribution is -2.13. The van der Waals surface area contributed by atoms with Crippen molar-refractivity contribution in [3.8, 4) is 5.75 Å². The molecule has 0 bridgehead atoms. The molecule has 20 heavy (non-hydrogen) atoms. The van der Waals surface area contributed by atoms with E-state index >= 15 is 0 Å². The minimum atomic E-state index is -0.396. The number of methoxy groups -OCH3 is 1. The third-order valence-electron chi connectivity index (χ3n) is 3.15. The first kappa shape index (κ1) is 15.5. The molecule has 1 atom stereocenters. The molecule has 0 saturated carbocycles. The highest BCUT2D eigenvalue weighted by Gasteiger charge is 2.16. The van der Waals surface area contributed by atoms with Crippen LogP contribution in [-0.4, -0.2) is 7.11 Å². The molecule has 0 heterocycles. The number of hydrogen-bond acceptors (Lipinski definition) is 2. The molecule has 0 aromatic heterocycles. The first-order chi connectivity index (χ1) is 9.43. The Morgan fingerprint density at radius 3 is 2.50 bits per heavy atom.